The van der Waals surface area contributed by atoms with Crippen molar-refractivity contribution in [3.05, 3.63) is 35.4 Å². The number of aliphatic hydroxyl groups is 1. The number of hydrogen-bond donors (Lipinski definition) is 1. The van der Waals surface area contributed by atoms with Crippen molar-refractivity contribution in [3.63, 3.8) is 0 Å². The van der Waals surface area contributed by atoms with Gasteiger partial charge in [-0.25, -0.2) is 0 Å². The molecule has 0 radical (unpaired) electrons. The third kappa shape index (κ3) is 1.63. The number of fused-ring (bicyclic) bond motifs is 1. The zero-order chi connectivity index (χ0) is 9.10. The van der Waals surface area contributed by atoms with Gasteiger partial charge in [-0.1, -0.05) is 24.3 Å². The van der Waals surface area contributed by atoms with Crippen LogP contribution < -0.4 is 0 Å². The molecule has 1 aromatic rings. The zero-order valence-electron chi connectivity index (χ0n) is 7.53. The molecule has 0 aromatic heterocycles. The summed E-state index contributed by atoms with van der Waals surface area (Å²) in [6.45, 7) is 0.676. The fourth-order valence-corrected chi connectivity index (χ4v) is 1.76. The van der Waals surface area contributed by atoms with Crippen LogP contribution in [0.25, 0.3) is 0 Å². The summed E-state index contributed by atoms with van der Waals surface area (Å²) in [5, 5.41) is 8.67. The van der Waals surface area contributed by atoms with Gasteiger partial charge in [0.15, 0.2) is 0 Å². The van der Waals surface area contributed by atoms with Gasteiger partial charge in [0.25, 0.3) is 0 Å². The van der Waals surface area contributed by atoms with Crippen LogP contribution in [-0.4, -0.2) is 24.0 Å². The summed E-state index contributed by atoms with van der Waals surface area (Å²) in [6, 6.07) is 8.36. The lowest BCUT2D eigenvalue weighted by Gasteiger charge is -1.98. The number of nitrogens with zero attached hydrogens (tertiary/aromatic N) is 1. The molecular formula is C11H13NO. The minimum absolute atomic E-state index is 0.145. The van der Waals surface area contributed by atoms with Crippen molar-refractivity contribution in [1.29, 1.82) is 0 Å². The van der Waals surface area contributed by atoms with Crippen LogP contribution in [-0.2, 0) is 6.42 Å². The van der Waals surface area contributed by atoms with Crippen LogP contribution in [0.15, 0.2) is 29.3 Å². The molecule has 0 spiro atoms. The summed E-state index contributed by atoms with van der Waals surface area (Å²) < 4.78 is 0. The Hall–Kier alpha value is -1.15. The molecule has 13 heavy (non-hydrogen) atoms. The lowest BCUT2D eigenvalue weighted by atomic mass is 10.1. The van der Waals surface area contributed by atoms with E-state index in [0.29, 0.717) is 6.54 Å². The Kier molecular flexibility index (Phi) is 2.41. The first-order valence-electron chi connectivity index (χ1n) is 4.64. The number of aliphatic imine (C=N–C) groups is 1. The molecular weight excluding hydrogens is 162 g/mol. The maximum atomic E-state index is 8.67. The van der Waals surface area contributed by atoms with E-state index < -0.39 is 0 Å². The van der Waals surface area contributed by atoms with Crippen LogP contribution >= 0.6 is 0 Å². The lowest BCUT2D eigenvalue weighted by molar-refractivity contribution is 0.307. The zero-order valence-corrected chi connectivity index (χ0v) is 7.53. The molecule has 0 atom stereocenters. The van der Waals surface area contributed by atoms with Gasteiger partial charge in [0, 0.05) is 5.71 Å². The Morgan fingerprint density at radius 1 is 1.23 bits per heavy atom. The van der Waals surface area contributed by atoms with Crippen molar-refractivity contribution in [2.75, 3.05) is 13.2 Å². The van der Waals surface area contributed by atoms with E-state index in [9.17, 15) is 0 Å². The molecule has 0 saturated carbocycles. The molecule has 1 aliphatic rings. The van der Waals surface area contributed by atoms with Crippen LogP contribution in [0, 0.1) is 0 Å². The molecule has 0 aliphatic heterocycles. The second-order valence-electron chi connectivity index (χ2n) is 3.21. The van der Waals surface area contributed by atoms with E-state index >= 15 is 0 Å². The van der Waals surface area contributed by atoms with Gasteiger partial charge in [-0.3, -0.25) is 4.99 Å². The SMILES string of the molecule is OCCN=C1CCc2ccccc21. The van der Waals surface area contributed by atoms with Crippen LogP contribution in [0.4, 0.5) is 0 Å². The second-order valence-corrected chi connectivity index (χ2v) is 3.21. The first kappa shape index (κ1) is 8.45. The molecule has 0 fully saturated rings. The molecule has 0 heterocycles. The molecule has 2 nitrogen and oxygen atoms in total. The summed E-state index contributed by atoms with van der Waals surface area (Å²) in [4.78, 5) is 4.35. The topological polar surface area (TPSA) is 32.6 Å². The van der Waals surface area contributed by atoms with Gasteiger partial charge in [0.05, 0.1) is 13.2 Å². The highest BCUT2D eigenvalue weighted by molar-refractivity contribution is 6.04. The van der Waals surface area contributed by atoms with Gasteiger partial charge >= 0.3 is 0 Å². The van der Waals surface area contributed by atoms with E-state index in [1.807, 2.05) is 6.07 Å². The maximum absolute atomic E-state index is 8.67. The minimum atomic E-state index is 0.145. The van der Waals surface area contributed by atoms with E-state index in [4.69, 9.17) is 5.11 Å². The smallest absolute Gasteiger partial charge is 0.0627 e. The van der Waals surface area contributed by atoms with E-state index in [-0.39, 0.29) is 6.61 Å². The van der Waals surface area contributed by atoms with Crippen molar-refractivity contribution in [1.82, 2.24) is 0 Å². The van der Waals surface area contributed by atoms with Crippen molar-refractivity contribution < 1.29 is 5.11 Å². The average molecular weight is 175 g/mol. The van der Waals surface area contributed by atoms with Crippen molar-refractivity contribution in [2.45, 2.75) is 12.8 Å². The van der Waals surface area contributed by atoms with Gasteiger partial charge in [0.2, 0.25) is 0 Å². The Balaban J connectivity index is 2.28. The number of benzene rings is 1. The standard InChI is InChI=1S/C11H13NO/c13-8-7-12-11-6-5-9-3-1-2-4-10(9)11/h1-4,13H,5-8H2. The van der Waals surface area contributed by atoms with Crippen LogP contribution in [0.2, 0.25) is 0 Å². The first-order chi connectivity index (χ1) is 6.42. The Morgan fingerprint density at radius 3 is 2.92 bits per heavy atom. The van der Waals surface area contributed by atoms with E-state index in [1.54, 1.807) is 0 Å². The van der Waals surface area contributed by atoms with Crippen LogP contribution in [0.1, 0.15) is 17.5 Å². The lowest BCUT2D eigenvalue weighted by Crippen LogP contribution is -1.98. The molecule has 1 aliphatic carbocycles. The van der Waals surface area contributed by atoms with E-state index in [0.717, 1.165) is 18.6 Å². The summed E-state index contributed by atoms with van der Waals surface area (Å²) in [5.41, 5.74) is 3.82. The largest absolute Gasteiger partial charge is 0.394 e. The van der Waals surface area contributed by atoms with Gasteiger partial charge in [-0.2, -0.15) is 0 Å². The van der Waals surface area contributed by atoms with E-state index in [1.165, 1.54) is 11.1 Å². The Bertz CT molecular complexity index is 331. The van der Waals surface area contributed by atoms with Gasteiger partial charge in [-0.05, 0) is 24.0 Å². The summed E-state index contributed by atoms with van der Waals surface area (Å²) in [5.74, 6) is 0. The van der Waals surface area contributed by atoms with Gasteiger partial charge in [0.1, 0.15) is 0 Å². The Morgan fingerprint density at radius 2 is 2.08 bits per heavy atom. The molecule has 0 saturated heterocycles. The number of aryl methyl sites for hydroxylation is 1. The third-order valence-corrected chi connectivity index (χ3v) is 2.36. The molecule has 0 amide bonds. The highest BCUT2D eigenvalue weighted by Crippen LogP contribution is 2.21. The summed E-state index contributed by atoms with van der Waals surface area (Å²) in [6.07, 6.45) is 2.12. The van der Waals surface area contributed by atoms with Crippen molar-refractivity contribution >= 4 is 5.71 Å². The van der Waals surface area contributed by atoms with Crippen LogP contribution in [0.3, 0.4) is 0 Å². The van der Waals surface area contributed by atoms with Crippen molar-refractivity contribution in [3.8, 4) is 0 Å². The highest BCUT2D eigenvalue weighted by atomic mass is 16.3. The van der Waals surface area contributed by atoms with Crippen molar-refractivity contribution in [2.24, 2.45) is 4.99 Å². The molecule has 2 heteroatoms. The molecule has 1 N–H and O–H groups in total. The average Bonchev–Trinajstić information content (AvgIpc) is 2.58. The Labute approximate surface area is 77.9 Å². The fourth-order valence-electron chi connectivity index (χ4n) is 1.76. The molecule has 0 unspecified atom stereocenters. The predicted octanol–water partition coefficient (Wildman–Crippen LogP) is 1.41. The fraction of sp³-hybridized carbons (Fsp3) is 0.364. The van der Waals surface area contributed by atoms with E-state index in [2.05, 4.69) is 23.2 Å². The van der Waals surface area contributed by atoms with Gasteiger partial charge < -0.3 is 5.11 Å². The molecule has 0 bridgehead atoms. The number of hydrogen-bond acceptors (Lipinski definition) is 2. The monoisotopic (exact) mass is 175 g/mol. The molecule has 1 aromatic carbocycles. The number of rotatable bonds is 2. The highest BCUT2D eigenvalue weighted by Gasteiger charge is 2.15. The molecule has 68 valence electrons. The summed E-state index contributed by atoms with van der Waals surface area (Å²) in [7, 11) is 0. The maximum Gasteiger partial charge on any atom is 0.0627 e. The first-order valence-corrected chi connectivity index (χ1v) is 4.64. The van der Waals surface area contributed by atoms with Crippen LogP contribution in [0.5, 0.6) is 0 Å². The predicted molar refractivity (Wildman–Crippen MR) is 53.3 cm³/mol. The third-order valence-electron chi connectivity index (χ3n) is 2.36. The molecule has 2 rings (SSSR count). The summed E-state index contributed by atoms with van der Waals surface area (Å²) >= 11 is 0. The second kappa shape index (κ2) is 3.71. The minimum Gasteiger partial charge on any atom is -0.394 e. The number of aliphatic hydroxyl groups excluding tert-OH is 1. The van der Waals surface area contributed by atoms with Gasteiger partial charge in [-0.15, -0.1) is 0 Å². The normalized spacial score (nSPS) is 17.8. The quantitative estimate of drug-likeness (QED) is 0.724.